The van der Waals surface area contributed by atoms with E-state index in [9.17, 15) is 0 Å². The Labute approximate surface area is 95.3 Å². The molecule has 2 heterocycles. The van der Waals surface area contributed by atoms with Crippen molar-refractivity contribution in [1.82, 2.24) is 9.88 Å². The molecule has 1 aromatic rings. The van der Waals surface area contributed by atoms with E-state index in [0.717, 1.165) is 18.1 Å². The molecule has 2 rings (SSSR count). The van der Waals surface area contributed by atoms with Gasteiger partial charge in [0, 0.05) is 5.38 Å². The Morgan fingerprint density at radius 1 is 1.67 bits per heavy atom. The molecule has 2 N–H and O–H groups in total. The van der Waals surface area contributed by atoms with Gasteiger partial charge < -0.3 is 5.73 Å². The van der Waals surface area contributed by atoms with E-state index in [-0.39, 0.29) is 0 Å². The first kappa shape index (κ1) is 11.0. The van der Waals surface area contributed by atoms with Gasteiger partial charge in [0.05, 0.1) is 16.7 Å². The summed E-state index contributed by atoms with van der Waals surface area (Å²) in [6, 6.07) is 0.439. The quantitative estimate of drug-likeness (QED) is 0.834. The smallest absolute Gasteiger partial charge is 0.0898 e. The summed E-state index contributed by atoms with van der Waals surface area (Å²) in [4.78, 5) is 7.00. The molecule has 0 spiro atoms. The van der Waals surface area contributed by atoms with Crippen LogP contribution < -0.4 is 5.73 Å². The van der Waals surface area contributed by atoms with Crippen LogP contribution in [0.15, 0.2) is 5.38 Å². The zero-order valence-corrected chi connectivity index (χ0v) is 10.3. The molecule has 0 aromatic carbocycles. The molecule has 2 atom stereocenters. The number of nitrogens with two attached hydrogens (primary N) is 1. The van der Waals surface area contributed by atoms with Gasteiger partial charge in [-0.2, -0.15) is 0 Å². The molecule has 3 nitrogen and oxygen atoms in total. The van der Waals surface area contributed by atoms with Crippen LogP contribution in [0.5, 0.6) is 0 Å². The maximum atomic E-state index is 5.85. The molecule has 84 valence electrons. The predicted molar refractivity (Wildman–Crippen MR) is 64.0 cm³/mol. The first-order valence-corrected chi connectivity index (χ1v) is 6.42. The Morgan fingerprint density at radius 2 is 2.47 bits per heavy atom. The minimum atomic E-state index is 0.439. The molecule has 0 bridgehead atoms. The second-order valence-corrected chi connectivity index (χ2v) is 5.42. The Bertz CT molecular complexity index is 323. The van der Waals surface area contributed by atoms with Crippen LogP contribution in [0, 0.1) is 12.8 Å². The van der Waals surface area contributed by atoms with Crippen LogP contribution >= 0.6 is 11.3 Å². The van der Waals surface area contributed by atoms with E-state index < -0.39 is 0 Å². The van der Waals surface area contributed by atoms with Crippen molar-refractivity contribution >= 4 is 11.3 Å². The average Bonchev–Trinajstić information content (AvgIpc) is 2.64. The van der Waals surface area contributed by atoms with E-state index in [0.29, 0.717) is 12.0 Å². The van der Waals surface area contributed by atoms with E-state index in [2.05, 4.69) is 29.2 Å². The molecule has 1 aromatic heterocycles. The number of piperidine rings is 1. The lowest BCUT2D eigenvalue weighted by Crippen LogP contribution is -2.39. The highest BCUT2D eigenvalue weighted by molar-refractivity contribution is 7.09. The van der Waals surface area contributed by atoms with E-state index >= 15 is 0 Å². The van der Waals surface area contributed by atoms with Gasteiger partial charge >= 0.3 is 0 Å². The first-order chi connectivity index (χ1) is 7.22. The standard InChI is InChI=1S/C11H19N3S/c1-8-13-10(7-15-8)11-9(6-12)4-3-5-14(11)2/h7,9,11H,3-6,12H2,1-2H3. The van der Waals surface area contributed by atoms with E-state index in [1.165, 1.54) is 18.5 Å². The number of aryl methyl sites for hydroxylation is 1. The predicted octanol–water partition coefficient (Wildman–Crippen LogP) is 1.79. The van der Waals surface area contributed by atoms with Gasteiger partial charge in [-0.1, -0.05) is 0 Å². The number of likely N-dealkylation sites (tertiary alicyclic amines) is 1. The van der Waals surface area contributed by atoms with E-state index in [1.807, 2.05) is 0 Å². The summed E-state index contributed by atoms with van der Waals surface area (Å²) in [5.41, 5.74) is 7.07. The third kappa shape index (κ3) is 2.22. The summed E-state index contributed by atoms with van der Waals surface area (Å²) in [5, 5.41) is 3.34. The maximum absolute atomic E-state index is 5.85. The Balaban J connectivity index is 2.22. The van der Waals surface area contributed by atoms with Crippen LogP contribution in [-0.2, 0) is 0 Å². The summed E-state index contributed by atoms with van der Waals surface area (Å²) in [6.07, 6.45) is 2.50. The van der Waals surface area contributed by atoms with Crippen molar-refractivity contribution in [3.63, 3.8) is 0 Å². The SMILES string of the molecule is Cc1nc(C2C(CN)CCCN2C)cs1. The molecule has 2 unspecified atom stereocenters. The molecule has 1 aliphatic heterocycles. The van der Waals surface area contributed by atoms with Gasteiger partial charge in [0.1, 0.15) is 0 Å². The number of aromatic nitrogens is 1. The second-order valence-electron chi connectivity index (χ2n) is 4.35. The maximum Gasteiger partial charge on any atom is 0.0898 e. The van der Waals surface area contributed by atoms with E-state index in [4.69, 9.17) is 5.73 Å². The molecule has 1 aliphatic rings. The number of rotatable bonds is 2. The van der Waals surface area contributed by atoms with Gasteiger partial charge in [0.2, 0.25) is 0 Å². The van der Waals surface area contributed by atoms with Gasteiger partial charge in [0.25, 0.3) is 0 Å². The lowest BCUT2D eigenvalue weighted by atomic mass is 9.88. The Morgan fingerprint density at radius 3 is 3.07 bits per heavy atom. The van der Waals surface area contributed by atoms with Gasteiger partial charge in [-0.25, -0.2) is 4.98 Å². The third-order valence-corrected chi connectivity index (χ3v) is 4.04. The van der Waals surface area contributed by atoms with Crippen molar-refractivity contribution in [2.45, 2.75) is 25.8 Å². The summed E-state index contributed by atoms with van der Waals surface area (Å²) in [5.74, 6) is 0.574. The normalized spacial score (nSPS) is 28.2. The third-order valence-electron chi connectivity index (χ3n) is 3.25. The second kappa shape index (κ2) is 4.60. The van der Waals surface area contributed by atoms with E-state index in [1.54, 1.807) is 11.3 Å². The fourth-order valence-electron chi connectivity index (χ4n) is 2.49. The van der Waals surface area contributed by atoms with Crippen LogP contribution in [-0.4, -0.2) is 30.0 Å². The van der Waals surface area contributed by atoms with Gasteiger partial charge in [-0.05, 0) is 45.8 Å². The topological polar surface area (TPSA) is 42.1 Å². The number of thiazole rings is 1. The summed E-state index contributed by atoms with van der Waals surface area (Å²) < 4.78 is 0. The van der Waals surface area contributed by atoms with Gasteiger partial charge in [0.15, 0.2) is 0 Å². The number of hydrogen-bond donors (Lipinski definition) is 1. The monoisotopic (exact) mass is 225 g/mol. The van der Waals surface area contributed by atoms with Crippen LogP contribution in [0.2, 0.25) is 0 Å². The Hall–Kier alpha value is -0.450. The minimum absolute atomic E-state index is 0.439. The molecular weight excluding hydrogens is 206 g/mol. The number of hydrogen-bond acceptors (Lipinski definition) is 4. The van der Waals surface area contributed by atoms with Crippen molar-refractivity contribution < 1.29 is 0 Å². The fraction of sp³-hybridized carbons (Fsp3) is 0.727. The highest BCUT2D eigenvalue weighted by Crippen LogP contribution is 2.34. The molecule has 4 heteroatoms. The number of nitrogens with zero attached hydrogens (tertiary/aromatic N) is 2. The molecular formula is C11H19N3S. The molecule has 0 radical (unpaired) electrons. The minimum Gasteiger partial charge on any atom is -0.330 e. The molecule has 0 amide bonds. The highest BCUT2D eigenvalue weighted by Gasteiger charge is 2.30. The lowest BCUT2D eigenvalue weighted by Gasteiger charge is -2.37. The van der Waals surface area contributed by atoms with Crippen LogP contribution in [0.3, 0.4) is 0 Å². The van der Waals surface area contributed by atoms with Crippen LogP contribution in [0.1, 0.15) is 29.6 Å². The highest BCUT2D eigenvalue weighted by atomic mass is 32.1. The van der Waals surface area contributed by atoms with Crippen molar-refractivity contribution in [1.29, 1.82) is 0 Å². The molecule has 0 aliphatic carbocycles. The summed E-state index contributed by atoms with van der Waals surface area (Å²) >= 11 is 1.73. The fourth-order valence-corrected chi connectivity index (χ4v) is 3.13. The van der Waals surface area contributed by atoms with Crippen molar-refractivity contribution in [3.8, 4) is 0 Å². The van der Waals surface area contributed by atoms with Crippen molar-refractivity contribution in [2.24, 2.45) is 11.7 Å². The largest absolute Gasteiger partial charge is 0.330 e. The molecule has 0 saturated carbocycles. The Kier molecular flexibility index (Phi) is 3.38. The summed E-state index contributed by atoms with van der Waals surface area (Å²) in [7, 11) is 2.18. The zero-order valence-electron chi connectivity index (χ0n) is 9.44. The van der Waals surface area contributed by atoms with Crippen LogP contribution in [0.25, 0.3) is 0 Å². The van der Waals surface area contributed by atoms with Gasteiger partial charge in [-0.15, -0.1) is 11.3 Å². The first-order valence-electron chi connectivity index (χ1n) is 5.54. The van der Waals surface area contributed by atoms with Crippen molar-refractivity contribution in [3.05, 3.63) is 16.1 Å². The van der Waals surface area contributed by atoms with Gasteiger partial charge in [-0.3, -0.25) is 4.90 Å². The van der Waals surface area contributed by atoms with Crippen LogP contribution in [0.4, 0.5) is 0 Å². The summed E-state index contributed by atoms with van der Waals surface area (Å²) in [6.45, 7) is 4.00. The molecule has 15 heavy (non-hydrogen) atoms. The van der Waals surface area contributed by atoms with Crippen molar-refractivity contribution in [2.75, 3.05) is 20.1 Å². The molecule has 1 saturated heterocycles. The molecule has 1 fully saturated rings. The average molecular weight is 225 g/mol. The zero-order chi connectivity index (χ0) is 10.8. The lowest BCUT2D eigenvalue weighted by molar-refractivity contribution is 0.122.